The molecule has 16 heavy (non-hydrogen) atoms. The standard InChI is InChI=1S/C11H10ClN3S/c12-9-3-1-2-4-10(9)16-11-14-6-8(5-13)7-15-11/h1-4,6-7H,5,13H2. The Kier molecular flexibility index (Phi) is 3.77. The van der Waals surface area contributed by atoms with Crippen LogP contribution < -0.4 is 5.73 Å². The van der Waals surface area contributed by atoms with Crippen molar-refractivity contribution in [2.75, 3.05) is 0 Å². The van der Waals surface area contributed by atoms with Gasteiger partial charge in [0.1, 0.15) is 0 Å². The van der Waals surface area contributed by atoms with Gasteiger partial charge in [0.2, 0.25) is 0 Å². The van der Waals surface area contributed by atoms with Crippen LogP contribution in [0.1, 0.15) is 5.56 Å². The summed E-state index contributed by atoms with van der Waals surface area (Å²) in [5, 5.41) is 1.38. The number of nitrogens with zero attached hydrogens (tertiary/aromatic N) is 2. The van der Waals surface area contributed by atoms with E-state index < -0.39 is 0 Å². The second-order valence-corrected chi connectivity index (χ2v) is 4.53. The summed E-state index contributed by atoms with van der Waals surface area (Å²) >= 11 is 7.47. The topological polar surface area (TPSA) is 51.8 Å². The summed E-state index contributed by atoms with van der Waals surface area (Å²) in [6.07, 6.45) is 3.46. The summed E-state index contributed by atoms with van der Waals surface area (Å²) in [6.45, 7) is 0.455. The minimum Gasteiger partial charge on any atom is -0.326 e. The van der Waals surface area contributed by atoms with Crippen LogP contribution in [0.3, 0.4) is 0 Å². The maximum Gasteiger partial charge on any atom is 0.192 e. The van der Waals surface area contributed by atoms with Crippen molar-refractivity contribution in [3.05, 3.63) is 47.2 Å². The third-order valence-corrected chi connectivity index (χ3v) is 3.37. The van der Waals surface area contributed by atoms with Gasteiger partial charge in [0.05, 0.1) is 5.02 Å². The van der Waals surface area contributed by atoms with Crippen LogP contribution in [0.2, 0.25) is 5.02 Å². The highest BCUT2D eigenvalue weighted by atomic mass is 35.5. The summed E-state index contributed by atoms with van der Waals surface area (Å²) in [6, 6.07) is 7.61. The smallest absolute Gasteiger partial charge is 0.192 e. The molecule has 2 aromatic rings. The average Bonchev–Trinajstić information content (AvgIpc) is 2.33. The first-order valence-corrected chi connectivity index (χ1v) is 5.92. The normalized spacial score (nSPS) is 10.4. The fourth-order valence-corrected chi connectivity index (χ4v) is 2.10. The number of aromatic nitrogens is 2. The van der Waals surface area contributed by atoms with Crippen LogP contribution >= 0.6 is 23.4 Å². The predicted molar refractivity (Wildman–Crippen MR) is 65.5 cm³/mol. The number of nitrogens with two attached hydrogens (primary N) is 1. The van der Waals surface area contributed by atoms with E-state index in [2.05, 4.69) is 9.97 Å². The molecule has 0 atom stereocenters. The quantitative estimate of drug-likeness (QED) is 0.853. The summed E-state index contributed by atoms with van der Waals surface area (Å²) in [5.74, 6) is 0. The first-order valence-electron chi connectivity index (χ1n) is 4.73. The maximum atomic E-state index is 6.04. The summed E-state index contributed by atoms with van der Waals surface area (Å²) in [4.78, 5) is 9.35. The molecule has 0 saturated carbocycles. The van der Waals surface area contributed by atoms with Gasteiger partial charge in [-0.05, 0) is 23.9 Å². The highest BCUT2D eigenvalue weighted by Crippen LogP contribution is 2.30. The molecule has 0 aliphatic heterocycles. The third kappa shape index (κ3) is 2.72. The van der Waals surface area contributed by atoms with Gasteiger partial charge < -0.3 is 5.73 Å². The zero-order valence-corrected chi connectivity index (χ0v) is 10.0. The molecule has 1 heterocycles. The summed E-state index contributed by atoms with van der Waals surface area (Å²) < 4.78 is 0. The number of hydrogen-bond acceptors (Lipinski definition) is 4. The Morgan fingerprint density at radius 3 is 2.50 bits per heavy atom. The van der Waals surface area contributed by atoms with Crippen molar-refractivity contribution in [2.24, 2.45) is 5.73 Å². The lowest BCUT2D eigenvalue weighted by atomic mass is 10.4. The van der Waals surface area contributed by atoms with E-state index in [1.54, 1.807) is 12.4 Å². The molecule has 0 spiro atoms. The number of rotatable bonds is 3. The van der Waals surface area contributed by atoms with Crippen molar-refractivity contribution in [2.45, 2.75) is 16.6 Å². The van der Waals surface area contributed by atoms with Gasteiger partial charge >= 0.3 is 0 Å². The lowest BCUT2D eigenvalue weighted by Gasteiger charge is -2.02. The van der Waals surface area contributed by atoms with E-state index in [9.17, 15) is 0 Å². The van der Waals surface area contributed by atoms with Crippen LogP contribution in [-0.4, -0.2) is 9.97 Å². The van der Waals surface area contributed by atoms with Gasteiger partial charge in [-0.1, -0.05) is 23.7 Å². The minimum absolute atomic E-state index is 0.455. The predicted octanol–water partition coefficient (Wildman–Crippen LogP) is 2.74. The molecule has 1 aromatic heterocycles. The van der Waals surface area contributed by atoms with Crippen LogP contribution in [0.5, 0.6) is 0 Å². The Balaban J connectivity index is 2.18. The molecular weight excluding hydrogens is 242 g/mol. The van der Waals surface area contributed by atoms with Crippen molar-refractivity contribution >= 4 is 23.4 Å². The Hall–Kier alpha value is -1.10. The van der Waals surface area contributed by atoms with Crippen molar-refractivity contribution in [3.8, 4) is 0 Å². The molecule has 0 amide bonds. The molecule has 0 radical (unpaired) electrons. The molecule has 2 N–H and O–H groups in total. The Bertz CT molecular complexity index is 473. The molecule has 2 rings (SSSR count). The maximum absolute atomic E-state index is 6.04. The molecule has 0 unspecified atom stereocenters. The fraction of sp³-hybridized carbons (Fsp3) is 0.0909. The Morgan fingerprint density at radius 2 is 1.88 bits per heavy atom. The van der Waals surface area contributed by atoms with Crippen LogP contribution in [0, 0.1) is 0 Å². The van der Waals surface area contributed by atoms with Gasteiger partial charge in [0, 0.05) is 29.4 Å². The molecule has 0 bridgehead atoms. The fourth-order valence-electron chi connectivity index (χ4n) is 1.13. The van der Waals surface area contributed by atoms with Gasteiger partial charge in [-0.25, -0.2) is 9.97 Å². The highest BCUT2D eigenvalue weighted by molar-refractivity contribution is 7.99. The molecule has 0 fully saturated rings. The number of benzene rings is 1. The lowest BCUT2D eigenvalue weighted by Crippen LogP contribution is -1.98. The lowest BCUT2D eigenvalue weighted by molar-refractivity contribution is 0.914. The Morgan fingerprint density at radius 1 is 1.19 bits per heavy atom. The third-order valence-electron chi connectivity index (χ3n) is 1.96. The van der Waals surface area contributed by atoms with Gasteiger partial charge in [-0.3, -0.25) is 0 Å². The van der Waals surface area contributed by atoms with Gasteiger partial charge in [0.25, 0.3) is 0 Å². The van der Waals surface area contributed by atoms with Gasteiger partial charge in [-0.2, -0.15) is 0 Å². The second-order valence-electron chi connectivity index (χ2n) is 3.11. The van der Waals surface area contributed by atoms with Crippen molar-refractivity contribution in [3.63, 3.8) is 0 Å². The first kappa shape index (κ1) is 11.4. The summed E-state index contributed by atoms with van der Waals surface area (Å²) in [5.41, 5.74) is 6.39. The van der Waals surface area contributed by atoms with E-state index in [1.807, 2.05) is 24.3 Å². The molecule has 1 aromatic carbocycles. The summed E-state index contributed by atoms with van der Waals surface area (Å²) in [7, 11) is 0. The van der Waals surface area contributed by atoms with Crippen LogP contribution in [0.4, 0.5) is 0 Å². The SMILES string of the molecule is NCc1cnc(Sc2ccccc2Cl)nc1. The van der Waals surface area contributed by atoms with Crippen molar-refractivity contribution in [1.82, 2.24) is 9.97 Å². The largest absolute Gasteiger partial charge is 0.326 e. The van der Waals surface area contributed by atoms with Gasteiger partial charge in [0.15, 0.2) is 5.16 Å². The van der Waals surface area contributed by atoms with Gasteiger partial charge in [-0.15, -0.1) is 0 Å². The number of halogens is 1. The average molecular weight is 252 g/mol. The monoisotopic (exact) mass is 251 g/mol. The van der Waals surface area contributed by atoms with E-state index in [-0.39, 0.29) is 0 Å². The van der Waals surface area contributed by atoms with Crippen LogP contribution in [0.25, 0.3) is 0 Å². The zero-order chi connectivity index (χ0) is 11.4. The molecule has 5 heteroatoms. The van der Waals surface area contributed by atoms with E-state index in [1.165, 1.54) is 11.8 Å². The Labute approximate surface area is 103 Å². The molecule has 3 nitrogen and oxygen atoms in total. The van der Waals surface area contributed by atoms with E-state index in [0.29, 0.717) is 16.7 Å². The van der Waals surface area contributed by atoms with Crippen LogP contribution in [-0.2, 0) is 6.54 Å². The highest BCUT2D eigenvalue weighted by Gasteiger charge is 2.03. The molecule has 0 aliphatic carbocycles. The van der Waals surface area contributed by atoms with E-state index in [4.69, 9.17) is 17.3 Å². The van der Waals surface area contributed by atoms with E-state index >= 15 is 0 Å². The molecular formula is C11H10ClN3S. The molecule has 0 aliphatic rings. The van der Waals surface area contributed by atoms with E-state index in [0.717, 1.165) is 10.5 Å². The van der Waals surface area contributed by atoms with Crippen LogP contribution in [0.15, 0.2) is 46.7 Å². The molecule has 0 saturated heterocycles. The molecule has 82 valence electrons. The van der Waals surface area contributed by atoms with Crippen molar-refractivity contribution in [1.29, 1.82) is 0 Å². The van der Waals surface area contributed by atoms with Crippen molar-refractivity contribution < 1.29 is 0 Å². The minimum atomic E-state index is 0.455. The zero-order valence-electron chi connectivity index (χ0n) is 8.43. The second kappa shape index (κ2) is 5.30. The first-order chi connectivity index (χ1) is 7.79. The number of hydrogen-bond donors (Lipinski definition) is 1.